The fourth-order valence-electron chi connectivity index (χ4n) is 0.606. The summed E-state index contributed by atoms with van der Waals surface area (Å²) in [5, 5.41) is 0. The van der Waals surface area contributed by atoms with Crippen LogP contribution in [0.3, 0.4) is 0 Å². The van der Waals surface area contributed by atoms with E-state index < -0.39 is 0 Å². The minimum absolute atomic E-state index is 0.117. The van der Waals surface area contributed by atoms with Crippen LogP contribution in [0.25, 0.3) is 0 Å². The Morgan fingerprint density at radius 2 is 2.20 bits per heavy atom. The molecule has 0 unspecified atom stereocenters. The lowest BCUT2D eigenvalue weighted by molar-refractivity contribution is -0.112. The Morgan fingerprint density at radius 3 is 2.70 bits per heavy atom. The normalized spacial score (nSPS) is 10.6. The molecule has 0 aromatic rings. The monoisotopic (exact) mass is 160 g/mol. The molecule has 0 amide bonds. The third kappa shape index (κ3) is 7.70. The quantitative estimate of drug-likeness (QED) is 0.343. The van der Waals surface area contributed by atoms with Crippen molar-refractivity contribution in [3.8, 4) is 0 Å². The highest BCUT2D eigenvalue weighted by Gasteiger charge is 1.83. The van der Waals surface area contributed by atoms with Crippen LogP contribution in [0.4, 0.5) is 0 Å². The van der Waals surface area contributed by atoms with Gasteiger partial charge in [-0.25, -0.2) is 0 Å². The zero-order valence-corrected chi connectivity index (χ0v) is 7.03. The molecule has 0 radical (unpaired) electrons. The van der Waals surface area contributed by atoms with Gasteiger partial charge in [-0.3, -0.25) is 4.79 Å². The summed E-state index contributed by atoms with van der Waals surface area (Å²) in [7, 11) is 0. The molecule has 2 heteroatoms. The first-order valence-electron chi connectivity index (χ1n) is 3.50. The zero-order valence-electron chi connectivity index (χ0n) is 6.27. The molecule has 0 bridgehead atoms. The molecule has 0 heterocycles. The first-order chi connectivity index (χ1) is 4.77. The van der Waals surface area contributed by atoms with E-state index in [4.69, 9.17) is 11.6 Å². The van der Waals surface area contributed by atoms with E-state index >= 15 is 0 Å². The molecule has 0 saturated carbocycles. The van der Waals surface area contributed by atoms with Gasteiger partial charge in [-0.15, -0.1) is 11.6 Å². The summed E-state index contributed by atoms with van der Waals surface area (Å²) in [4.78, 5) is 10.4. The van der Waals surface area contributed by atoms with Crippen molar-refractivity contribution in [2.75, 3.05) is 5.88 Å². The van der Waals surface area contributed by atoms with E-state index in [0.29, 0.717) is 5.88 Å². The van der Waals surface area contributed by atoms with Crippen LogP contribution in [0, 0.1) is 0 Å². The third-order valence-electron chi connectivity index (χ3n) is 1.11. The molecule has 0 spiro atoms. The summed E-state index contributed by atoms with van der Waals surface area (Å²) in [5.41, 5.74) is 0. The maximum absolute atomic E-state index is 10.4. The van der Waals surface area contributed by atoms with Crippen LogP contribution in [-0.4, -0.2) is 11.7 Å². The average molecular weight is 161 g/mol. The summed E-state index contributed by atoms with van der Waals surface area (Å²) >= 11 is 5.45. The molecule has 0 aliphatic heterocycles. The highest BCUT2D eigenvalue weighted by molar-refractivity contribution is 6.17. The second-order valence-electron chi connectivity index (χ2n) is 2.20. The van der Waals surface area contributed by atoms with Gasteiger partial charge in [0.05, 0.1) is 0 Å². The Balaban J connectivity index is 3.10. The van der Waals surface area contributed by atoms with E-state index in [1.54, 1.807) is 13.0 Å². The average Bonchev–Trinajstić information content (AvgIpc) is 1.87. The third-order valence-corrected chi connectivity index (χ3v) is 1.37. The van der Waals surface area contributed by atoms with Crippen LogP contribution in [0.15, 0.2) is 12.2 Å². The van der Waals surface area contributed by atoms with Crippen molar-refractivity contribution in [2.45, 2.75) is 26.2 Å². The molecule has 0 aliphatic carbocycles. The lowest BCUT2D eigenvalue weighted by Gasteiger charge is -1.88. The number of halogens is 1. The maximum Gasteiger partial charge on any atom is 0.152 e. The van der Waals surface area contributed by atoms with Crippen LogP contribution < -0.4 is 0 Å². The van der Waals surface area contributed by atoms with Gasteiger partial charge in [0, 0.05) is 5.88 Å². The van der Waals surface area contributed by atoms with Crippen molar-refractivity contribution >= 4 is 17.4 Å². The summed E-state index contributed by atoms with van der Waals surface area (Å²) in [6, 6.07) is 0. The molecular weight excluding hydrogens is 148 g/mol. The molecular formula is C8H13ClO. The number of ketones is 1. The topological polar surface area (TPSA) is 17.1 Å². The second-order valence-corrected chi connectivity index (χ2v) is 2.58. The van der Waals surface area contributed by atoms with Gasteiger partial charge in [0.25, 0.3) is 0 Å². The second kappa shape index (κ2) is 6.81. The zero-order chi connectivity index (χ0) is 7.82. The Bertz CT molecular complexity index is 118. The molecule has 0 N–H and O–H groups in total. The summed E-state index contributed by atoms with van der Waals surface area (Å²) < 4.78 is 0. The van der Waals surface area contributed by atoms with Gasteiger partial charge in [-0.05, 0) is 32.3 Å². The van der Waals surface area contributed by atoms with Gasteiger partial charge >= 0.3 is 0 Å². The van der Waals surface area contributed by atoms with Crippen LogP contribution in [0.2, 0.25) is 0 Å². The molecule has 0 rings (SSSR count). The highest BCUT2D eigenvalue weighted by Crippen LogP contribution is 1.97. The van der Waals surface area contributed by atoms with Crippen molar-refractivity contribution in [3.63, 3.8) is 0 Å². The van der Waals surface area contributed by atoms with E-state index in [1.807, 2.05) is 6.08 Å². The smallest absolute Gasteiger partial charge is 0.152 e. The predicted molar refractivity (Wildman–Crippen MR) is 44.4 cm³/mol. The fraction of sp³-hybridized carbons (Fsp3) is 0.625. The van der Waals surface area contributed by atoms with Crippen molar-refractivity contribution < 1.29 is 4.79 Å². The lowest BCUT2D eigenvalue weighted by Crippen LogP contribution is -1.80. The minimum atomic E-state index is 0.117. The van der Waals surface area contributed by atoms with Gasteiger partial charge in [0.1, 0.15) is 0 Å². The number of alkyl halides is 1. The van der Waals surface area contributed by atoms with Crippen molar-refractivity contribution in [1.29, 1.82) is 0 Å². The highest BCUT2D eigenvalue weighted by atomic mass is 35.5. The number of carbonyl (C=O) groups excluding carboxylic acids is 1. The van der Waals surface area contributed by atoms with Gasteiger partial charge in [-0.2, -0.15) is 0 Å². The van der Waals surface area contributed by atoms with Crippen LogP contribution in [0.5, 0.6) is 0 Å². The van der Waals surface area contributed by atoms with Gasteiger partial charge in [0.2, 0.25) is 0 Å². The van der Waals surface area contributed by atoms with Crippen LogP contribution >= 0.6 is 11.6 Å². The number of unbranched alkanes of at least 4 members (excludes halogenated alkanes) is 2. The number of hydrogen-bond acceptors (Lipinski definition) is 1. The standard InChI is InChI=1S/C8H13ClO/c1-8(10)6-4-2-3-5-7-9/h4,6H,2-3,5,7H2,1H3/b6-4+. The summed E-state index contributed by atoms with van der Waals surface area (Å²) in [6.07, 6.45) is 6.58. The van der Waals surface area contributed by atoms with Gasteiger partial charge in [-0.1, -0.05) is 6.08 Å². The molecule has 1 nitrogen and oxygen atoms in total. The SMILES string of the molecule is CC(=O)/C=C/CCCCCl. The van der Waals surface area contributed by atoms with Crippen LogP contribution in [-0.2, 0) is 4.79 Å². The van der Waals surface area contributed by atoms with Crippen molar-refractivity contribution in [1.82, 2.24) is 0 Å². The van der Waals surface area contributed by atoms with E-state index in [-0.39, 0.29) is 5.78 Å². The minimum Gasteiger partial charge on any atom is -0.295 e. The van der Waals surface area contributed by atoms with E-state index in [0.717, 1.165) is 19.3 Å². The molecule has 58 valence electrons. The number of hydrogen-bond donors (Lipinski definition) is 0. The molecule has 0 atom stereocenters. The van der Waals surface area contributed by atoms with Crippen molar-refractivity contribution in [2.24, 2.45) is 0 Å². The molecule has 0 aliphatic rings. The first-order valence-corrected chi connectivity index (χ1v) is 4.04. The van der Waals surface area contributed by atoms with E-state index in [9.17, 15) is 4.79 Å². The molecule has 0 aromatic carbocycles. The molecule has 10 heavy (non-hydrogen) atoms. The first kappa shape index (κ1) is 9.70. The Labute approximate surface area is 67.1 Å². The largest absolute Gasteiger partial charge is 0.295 e. The number of allylic oxidation sites excluding steroid dienone is 2. The summed E-state index contributed by atoms with van der Waals surface area (Å²) in [6.45, 7) is 1.55. The van der Waals surface area contributed by atoms with E-state index in [1.165, 1.54) is 0 Å². The van der Waals surface area contributed by atoms with Crippen molar-refractivity contribution in [3.05, 3.63) is 12.2 Å². The Kier molecular flexibility index (Phi) is 6.61. The van der Waals surface area contributed by atoms with Gasteiger partial charge < -0.3 is 0 Å². The number of rotatable bonds is 5. The van der Waals surface area contributed by atoms with E-state index in [2.05, 4.69) is 0 Å². The Hall–Kier alpha value is -0.300. The predicted octanol–water partition coefficient (Wildman–Crippen LogP) is 2.54. The lowest BCUT2D eigenvalue weighted by atomic mass is 10.2. The molecule has 0 aromatic heterocycles. The maximum atomic E-state index is 10.4. The Morgan fingerprint density at radius 1 is 1.50 bits per heavy atom. The van der Waals surface area contributed by atoms with Crippen LogP contribution in [0.1, 0.15) is 26.2 Å². The van der Waals surface area contributed by atoms with Gasteiger partial charge in [0.15, 0.2) is 5.78 Å². The summed E-state index contributed by atoms with van der Waals surface area (Å²) in [5.74, 6) is 0.833. The fourth-order valence-corrected chi connectivity index (χ4v) is 0.795. The number of carbonyl (C=O) groups is 1. The molecule has 0 fully saturated rings. The molecule has 0 saturated heterocycles.